The smallest absolute Gasteiger partial charge is 0.462 e. The lowest BCUT2D eigenvalue weighted by Gasteiger charge is -2.22. The Balaban J connectivity index is 5.16. The zero-order valence-electron chi connectivity index (χ0n) is 39.3. The molecular formula is C46H89N2O12P. The Kier molecular flexibility index (Phi) is 39.3. The van der Waals surface area contributed by atoms with Crippen molar-refractivity contribution in [3.8, 4) is 0 Å². The Hall–Kier alpha value is -2.09. The molecule has 0 radical (unpaired) electrons. The minimum absolute atomic E-state index is 0.0123. The maximum absolute atomic E-state index is 13.0. The van der Waals surface area contributed by atoms with E-state index in [1.165, 1.54) is 89.9 Å². The topological polar surface area (TPSA) is 185 Å². The lowest BCUT2D eigenvalue weighted by molar-refractivity contribution is -0.162. The van der Waals surface area contributed by atoms with Gasteiger partial charge in [0.25, 0.3) is 0 Å². The molecule has 3 atom stereocenters. The van der Waals surface area contributed by atoms with Crippen molar-refractivity contribution < 1.29 is 56.6 Å². The van der Waals surface area contributed by atoms with E-state index in [4.69, 9.17) is 28.0 Å². The molecule has 0 saturated carbocycles. The van der Waals surface area contributed by atoms with Crippen LogP contribution < -0.4 is 10.6 Å². The fraction of sp³-hybridized carbons (Fsp3) is 0.913. The van der Waals surface area contributed by atoms with Crippen LogP contribution in [0.25, 0.3) is 0 Å². The number of esters is 4. The number of hydrogen-bond acceptors (Lipinski definition) is 13. The fourth-order valence-electron chi connectivity index (χ4n) is 6.42. The summed E-state index contributed by atoms with van der Waals surface area (Å²) in [5.41, 5.74) is 0. The monoisotopic (exact) mass is 893 g/mol. The number of carbonyl (C=O) groups excluding carboxylic acids is 4. The summed E-state index contributed by atoms with van der Waals surface area (Å²) in [6.07, 6.45) is 23.2. The molecule has 0 rings (SSSR count). The molecule has 0 aromatic carbocycles. The van der Waals surface area contributed by atoms with E-state index in [-0.39, 0.29) is 44.4 Å². The van der Waals surface area contributed by atoms with E-state index in [9.17, 15) is 28.6 Å². The molecular weight excluding hydrogens is 803 g/mol. The first-order valence-electron chi connectivity index (χ1n) is 24.1. The first-order chi connectivity index (χ1) is 29.3. The summed E-state index contributed by atoms with van der Waals surface area (Å²) in [7, 11) is -4.82. The van der Waals surface area contributed by atoms with Gasteiger partial charge < -0.3 is 34.5 Å². The quantitative estimate of drug-likeness (QED) is 0.0227. The molecule has 0 aliphatic heterocycles. The van der Waals surface area contributed by atoms with Crippen LogP contribution in [0.4, 0.5) is 0 Å². The summed E-state index contributed by atoms with van der Waals surface area (Å²) >= 11 is 0. The van der Waals surface area contributed by atoms with Gasteiger partial charge in [0.15, 0.2) is 12.2 Å². The van der Waals surface area contributed by atoms with E-state index in [0.29, 0.717) is 25.9 Å². The second-order valence-corrected chi connectivity index (χ2v) is 18.4. The highest BCUT2D eigenvalue weighted by atomic mass is 31.2. The third kappa shape index (κ3) is 41.7. The van der Waals surface area contributed by atoms with Crippen molar-refractivity contribution in [1.82, 2.24) is 10.6 Å². The van der Waals surface area contributed by atoms with Crippen LogP contribution in [0.5, 0.6) is 0 Å². The summed E-state index contributed by atoms with van der Waals surface area (Å²) in [5, 5.41) is 6.22. The Bertz CT molecular complexity index is 1140. The minimum atomic E-state index is -4.82. The molecule has 3 N–H and O–H groups in total. The predicted molar refractivity (Wildman–Crippen MR) is 241 cm³/mol. The van der Waals surface area contributed by atoms with E-state index >= 15 is 0 Å². The molecule has 61 heavy (non-hydrogen) atoms. The molecule has 0 spiro atoms. The summed E-state index contributed by atoms with van der Waals surface area (Å²) in [5.74, 6) is -2.14. The van der Waals surface area contributed by atoms with E-state index in [2.05, 4.69) is 24.5 Å². The molecule has 360 valence electrons. The van der Waals surface area contributed by atoms with Gasteiger partial charge in [-0.2, -0.15) is 0 Å². The molecule has 15 heteroatoms. The molecule has 0 bridgehead atoms. The van der Waals surface area contributed by atoms with E-state index < -0.39 is 63.7 Å². The summed E-state index contributed by atoms with van der Waals surface area (Å²) in [6, 6.07) is 0.326. The van der Waals surface area contributed by atoms with Crippen LogP contribution in [0.3, 0.4) is 0 Å². The average molecular weight is 893 g/mol. The lowest BCUT2D eigenvalue weighted by Crippen LogP contribution is -2.33. The normalized spacial score (nSPS) is 13.5. The van der Waals surface area contributed by atoms with Crippen molar-refractivity contribution in [1.29, 1.82) is 0 Å². The van der Waals surface area contributed by atoms with Gasteiger partial charge in [-0.1, -0.05) is 170 Å². The van der Waals surface area contributed by atoms with Crippen molar-refractivity contribution in [2.75, 3.05) is 39.5 Å². The van der Waals surface area contributed by atoms with Gasteiger partial charge in [-0.3, -0.25) is 28.2 Å². The van der Waals surface area contributed by atoms with E-state index in [1.807, 2.05) is 27.7 Å². The molecule has 0 aliphatic rings. The maximum atomic E-state index is 13.0. The zero-order chi connectivity index (χ0) is 45.4. The van der Waals surface area contributed by atoms with Gasteiger partial charge in [0.05, 0.1) is 26.1 Å². The molecule has 0 aliphatic carbocycles. The molecule has 0 amide bonds. The molecule has 14 nitrogen and oxygen atoms in total. The van der Waals surface area contributed by atoms with Gasteiger partial charge in [-0.05, 0) is 12.8 Å². The molecule has 0 saturated heterocycles. The Morgan fingerprint density at radius 3 is 1.10 bits per heavy atom. The van der Waals surface area contributed by atoms with Crippen LogP contribution in [0.2, 0.25) is 0 Å². The number of rotatable bonds is 44. The third-order valence-corrected chi connectivity index (χ3v) is 11.0. The van der Waals surface area contributed by atoms with Crippen molar-refractivity contribution in [2.24, 2.45) is 0 Å². The highest BCUT2D eigenvalue weighted by molar-refractivity contribution is 7.47. The fourth-order valence-corrected chi connectivity index (χ4v) is 7.21. The van der Waals surface area contributed by atoms with Crippen molar-refractivity contribution in [3.63, 3.8) is 0 Å². The largest absolute Gasteiger partial charge is 0.472 e. The third-order valence-electron chi connectivity index (χ3n) is 10.0. The highest BCUT2D eigenvalue weighted by Gasteiger charge is 2.29. The van der Waals surface area contributed by atoms with Crippen LogP contribution in [0, 0.1) is 0 Å². The zero-order valence-corrected chi connectivity index (χ0v) is 40.2. The van der Waals surface area contributed by atoms with Crippen molar-refractivity contribution in [3.05, 3.63) is 0 Å². The van der Waals surface area contributed by atoms with Crippen LogP contribution in [0.1, 0.15) is 208 Å². The number of nitrogens with one attached hydrogen (secondary N) is 2. The van der Waals surface area contributed by atoms with Gasteiger partial charge in [-0.25, -0.2) is 4.57 Å². The van der Waals surface area contributed by atoms with Crippen LogP contribution in [-0.4, -0.2) is 92.6 Å². The standard InChI is InChI=1S/C46H89N2O12P/c1-7-9-11-13-15-17-19-21-23-25-27-29-43(49)55-35-41(59-45(51)30-28-26-24-22-20-18-16-14-12-10-8-2)37-57-61(53,54)58-38-42(60-46(52)32-34-48-40(5)6)36-56-44(50)31-33-47-39(3)4/h39-42,47-48H,7-38H2,1-6H3,(H,53,54)/t41-,42?/m1/s1. The van der Waals surface area contributed by atoms with Gasteiger partial charge >= 0.3 is 31.7 Å². The molecule has 0 fully saturated rings. The van der Waals surface area contributed by atoms with Gasteiger partial charge in [0, 0.05) is 38.0 Å². The van der Waals surface area contributed by atoms with Crippen LogP contribution in [-0.2, 0) is 51.7 Å². The highest BCUT2D eigenvalue weighted by Crippen LogP contribution is 2.43. The predicted octanol–water partition coefficient (Wildman–Crippen LogP) is 10.2. The molecule has 0 aromatic heterocycles. The summed E-state index contributed by atoms with van der Waals surface area (Å²) in [4.78, 5) is 60.9. The second-order valence-electron chi connectivity index (χ2n) is 16.9. The maximum Gasteiger partial charge on any atom is 0.472 e. The summed E-state index contributed by atoms with van der Waals surface area (Å²) < 4.78 is 45.1. The Labute approximate surface area is 370 Å². The molecule has 2 unspecified atom stereocenters. The number of unbranched alkanes of at least 4 members (excludes halogenated alkanes) is 20. The van der Waals surface area contributed by atoms with Gasteiger partial charge in [-0.15, -0.1) is 0 Å². The number of phosphoric acid groups is 1. The number of carbonyl (C=O) groups is 4. The van der Waals surface area contributed by atoms with Crippen LogP contribution in [0.15, 0.2) is 0 Å². The SMILES string of the molecule is CCCCCCCCCCCCCC(=O)OC[C@H](COP(=O)(O)OCC(COC(=O)CCNC(C)C)OC(=O)CCNC(C)C)OC(=O)CCCCCCCCCCCCC. The Morgan fingerprint density at radius 1 is 0.443 bits per heavy atom. The lowest BCUT2D eigenvalue weighted by atomic mass is 10.1. The summed E-state index contributed by atoms with van der Waals surface area (Å²) in [6.45, 7) is 11.0. The first kappa shape index (κ1) is 58.9. The Morgan fingerprint density at radius 2 is 0.738 bits per heavy atom. The average Bonchev–Trinajstić information content (AvgIpc) is 3.20. The molecule has 0 aromatic rings. The van der Waals surface area contributed by atoms with Crippen molar-refractivity contribution in [2.45, 2.75) is 233 Å². The number of phosphoric ester groups is 1. The van der Waals surface area contributed by atoms with E-state index in [0.717, 1.165) is 38.5 Å². The van der Waals surface area contributed by atoms with Crippen LogP contribution >= 0.6 is 7.82 Å². The van der Waals surface area contributed by atoms with Crippen molar-refractivity contribution >= 4 is 31.7 Å². The molecule has 0 heterocycles. The van der Waals surface area contributed by atoms with Gasteiger partial charge in [0.1, 0.15) is 13.2 Å². The van der Waals surface area contributed by atoms with E-state index in [1.54, 1.807) is 0 Å². The number of hydrogen-bond donors (Lipinski definition) is 3. The minimum Gasteiger partial charge on any atom is -0.462 e. The number of ether oxygens (including phenoxy) is 4. The second kappa shape index (κ2) is 40.7. The van der Waals surface area contributed by atoms with Gasteiger partial charge in [0.2, 0.25) is 0 Å². The first-order valence-corrected chi connectivity index (χ1v) is 25.6.